The van der Waals surface area contributed by atoms with Crippen LogP contribution in [0.1, 0.15) is 31.7 Å². The molecule has 2 aromatic rings. The van der Waals surface area contributed by atoms with E-state index < -0.39 is 0 Å². The van der Waals surface area contributed by atoms with E-state index in [2.05, 4.69) is 31.3 Å². The smallest absolute Gasteiger partial charge is 0.234 e. The molecule has 0 heterocycles. The van der Waals surface area contributed by atoms with Crippen molar-refractivity contribution in [1.29, 1.82) is 0 Å². The average molecular weight is 334 g/mol. The van der Waals surface area contributed by atoms with Crippen molar-refractivity contribution in [2.75, 3.05) is 11.1 Å². The molecular weight excluding hydrogens is 314 g/mol. The maximum Gasteiger partial charge on any atom is 0.234 e. The highest BCUT2D eigenvalue weighted by Crippen LogP contribution is 2.26. The van der Waals surface area contributed by atoms with E-state index in [1.807, 2.05) is 36.4 Å². The van der Waals surface area contributed by atoms with Crippen molar-refractivity contribution in [3.8, 4) is 0 Å². The predicted molar refractivity (Wildman–Crippen MR) is 96.0 cm³/mol. The van der Waals surface area contributed by atoms with Gasteiger partial charge >= 0.3 is 0 Å². The lowest BCUT2D eigenvalue weighted by atomic mass is 9.99. The third-order valence-corrected chi connectivity index (χ3v) is 5.09. The molecule has 0 unspecified atom stereocenters. The molecule has 1 amide bonds. The molecule has 1 atom stereocenters. The van der Waals surface area contributed by atoms with E-state index in [1.54, 1.807) is 0 Å². The number of carbonyl (C=O) groups excluding carboxylic acids is 1. The summed E-state index contributed by atoms with van der Waals surface area (Å²) in [6, 6.07) is 15.6. The number of benzene rings is 2. The molecule has 0 bridgehead atoms. The Balaban J connectivity index is 1.88. The first-order valence-corrected chi connectivity index (χ1v) is 8.73. The van der Waals surface area contributed by atoms with Gasteiger partial charge in [-0.05, 0) is 42.2 Å². The number of rotatable bonds is 6. The number of thioether (sulfide) groups is 1. The Bertz CT molecular complexity index is 627. The molecule has 0 aliphatic carbocycles. The summed E-state index contributed by atoms with van der Waals surface area (Å²) in [6.07, 6.45) is 1.11. The summed E-state index contributed by atoms with van der Waals surface area (Å²) in [7, 11) is 0. The Labute approximate surface area is 141 Å². The largest absolute Gasteiger partial charge is 0.325 e. The molecule has 0 aliphatic rings. The van der Waals surface area contributed by atoms with Gasteiger partial charge in [0.2, 0.25) is 5.91 Å². The number of carbonyl (C=O) groups is 1. The molecule has 0 saturated carbocycles. The van der Waals surface area contributed by atoms with Crippen molar-refractivity contribution in [1.82, 2.24) is 0 Å². The molecule has 22 heavy (non-hydrogen) atoms. The van der Waals surface area contributed by atoms with Crippen LogP contribution in [-0.2, 0) is 4.79 Å². The topological polar surface area (TPSA) is 29.1 Å². The van der Waals surface area contributed by atoms with Gasteiger partial charge in [0, 0.05) is 10.6 Å². The van der Waals surface area contributed by atoms with Crippen molar-refractivity contribution in [3.05, 3.63) is 59.1 Å². The van der Waals surface area contributed by atoms with Crippen LogP contribution in [0.2, 0.25) is 5.02 Å². The van der Waals surface area contributed by atoms with Crippen molar-refractivity contribution >= 4 is 35.0 Å². The molecule has 0 saturated heterocycles. The summed E-state index contributed by atoms with van der Waals surface area (Å²) in [6.45, 7) is 4.38. The first-order chi connectivity index (χ1) is 10.6. The fraction of sp³-hybridized carbons (Fsp3) is 0.278. The maximum absolute atomic E-state index is 12.0. The van der Waals surface area contributed by atoms with Crippen LogP contribution in [0.5, 0.6) is 0 Å². The highest BCUT2D eigenvalue weighted by molar-refractivity contribution is 8.00. The van der Waals surface area contributed by atoms with Crippen LogP contribution in [0, 0.1) is 0 Å². The molecule has 116 valence electrons. The molecule has 0 fully saturated rings. The van der Waals surface area contributed by atoms with Gasteiger partial charge in [-0.15, -0.1) is 11.8 Å². The summed E-state index contributed by atoms with van der Waals surface area (Å²) in [5, 5.41) is 3.59. The Morgan fingerprint density at radius 3 is 2.50 bits per heavy atom. The molecule has 0 spiro atoms. The second-order valence-corrected chi connectivity index (χ2v) is 6.62. The number of hydrogen-bond acceptors (Lipinski definition) is 2. The normalized spacial score (nSPS) is 12.0. The first-order valence-electron chi connectivity index (χ1n) is 7.37. The second kappa shape index (κ2) is 8.25. The van der Waals surface area contributed by atoms with E-state index >= 15 is 0 Å². The monoisotopic (exact) mass is 333 g/mol. The van der Waals surface area contributed by atoms with E-state index in [-0.39, 0.29) is 5.91 Å². The van der Waals surface area contributed by atoms with E-state index in [9.17, 15) is 4.79 Å². The van der Waals surface area contributed by atoms with Crippen molar-refractivity contribution in [2.45, 2.75) is 31.1 Å². The average Bonchev–Trinajstić information content (AvgIpc) is 2.54. The Kier molecular flexibility index (Phi) is 6.34. The van der Waals surface area contributed by atoms with Crippen molar-refractivity contribution < 1.29 is 4.79 Å². The third-order valence-electron chi connectivity index (χ3n) is 3.57. The van der Waals surface area contributed by atoms with Gasteiger partial charge in [-0.1, -0.05) is 49.7 Å². The van der Waals surface area contributed by atoms with Gasteiger partial charge in [-0.3, -0.25) is 4.79 Å². The van der Waals surface area contributed by atoms with E-state index in [0.29, 0.717) is 16.7 Å². The Morgan fingerprint density at radius 2 is 1.86 bits per heavy atom. The highest BCUT2D eigenvalue weighted by atomic mass is 35.5. The first kappa shape index (κ1) is 16.9. The Hall–Kier alpha value is -1.45. The Morgan fingerprint density at radius 1 is 1.18 bits per heavy atom. The van der Waals surface area contributed by atoms with Crippen LogP contribution in [0.3, 0.4) is 0 Å². The van der Waals surface area contributed by atoms with Crippen LogP contribution < -0.4 is 5.32 Å². The summed E-state index contributed by atoms with van der Waals surface area (Å²) < 4.78 is 0. The quantitative estimate of drug-likeness (QED) is 0.699. The van der Waals surface area contributed by atoms with Crippen LogP contribution in [0.15, 0.2) is 53.4 Å². The lowest BCUT2D eigenvalue weighted by Crippen LogP contribution is -2.14. The summed E-state index contributed by atoms with van der Waals surface area (Å²) in [5.41, 5.74) is 2.13. The molecule has 4 heteroatoms. The van der Waals surface area contributed by atoms with Gasteiger partial charge in [0.1, 0.15) is 0 Å². The zero-order valence-electron chi connectivity index (χ0n) is 12.8. The van der Waals surface area contributed by atoms with Gasteiger partial charge in [0.15, 0.2) is 0 Å². The molecule has 2 nitrogen and oxygen atoms in total. The molecular formula is C18H20ClNOS. The standard InChI is InChI=1S/C18H20ClNOS/c1-3-13(2)14-8-10-15(11-9-14)20-18(21)12-22-17-7-5-4-6-16(17)19/h4-11,13H,3,12H2,1-2H3,(H,20,21)/t13-/m0/s1. The summed E-state index contributed by atoms with van der Waals surface area (Å²) in [4.78, 5) is 12.9. The number of hydrogen-bond donors (Lipinski definition) is 1. The lowest BCUT2D eigenvalue weighted by molar-refractivity contribution is -0.113. The molecule has 0 aromatic heterocycles. The summed E-state index contributed by atoms with van der Waals surface area (Å²) in [5.74, 6) is 0.860. The number of halogens is 1. The minimum atomic E-state index is -0.0267. The van der Waals surface area contributed by atoms with E-state index in [0.717, 1.165) is 17.0 Å². The number of anilines is 1. The molecule has 0 radical (unpaired) electrons. The van der Waals surface area contributed by atoms with Gasteiger partial charge in [-0.25, -0.2) is 0 Å². The lowest BCUT2D eigenvalue weighted by Gasteiger charge is -2.10. The predicted octanol–water partition coefficient (Wildman–Crippen LogP) is 5.58. The van der Waals surface area contributed by atoms with E-state index in [1.165, 1.54) is 17.3 Å². The molecule has 1 N–H and O–H groups in total. The summed E-state index contributed by atoms with van der Waals surface area (Å²) >= 11 is 7.52. The van der Waals surface area contributed by atoms with Crippen LogP contribution in [-0.4, -0.2) is 11.7 Å². The van der Waals surface area contributed by atoms with Crippen molar-refractivity contribution in [2.24, 2.45) is 0 Å². The molecule has 2 rings (SSSR count). The fourth-order valence-corrected chi connectivity index (χ4v) is 3.07. The fourth-order valence-electron chi connectivity index (χ4n) is 2.03. The van der Waals surface area contributed by atoms with Gasteiger partial charge in [-0.2, -0.15) is 0 Å². The number of amides is 1. The third kappa shape index (κ3) is 4.79. The second-order valence-electron chi connectivity index (χ2n) is 5.20. The SMILES string of the molecule is CC[C@H](C)c1ccc(NC(=O)CSc2ccccc2Cl)cc1. The van der Waals surface area contributed by atoms with Crippen LogP contribution in [0.4, 0.5) is 5.69 Å². The zero-order valence-corrected chi connectivity index (χ0v) is 14.4. The van der Waals surface area contributed by atoms with Crippen LogP contribution in [0.25, 0.3) is 0 Å². The van der Waals surface area contributed by atoms with E-state index in [4.69, 9.17) is 11.6 Å². The zero-order chi connectivity index (χ0) is 15.9. The van der Waals surface area contributed by atoms with Gasteiger partial charge in [0.25, 0.3) is 0 Å². The number of nitrogens with one attached hydrogen (secondary N) is 1. The minimum absolute atomic E-state index is 0.0267. The van der Waals surface area contributed by atoms with Crippen LogP contribution >= 0.6 is 23.4 Å². The van der Waals surface area contributed by atoms with Gasteiger partial charge in [0.05, 0.1) is 10.8 Å². The van der Waals surface area contributed by atoms with Crippen molar-refractivity contribution in [3.63, 3.8) is 0 Å². The highest BCUT2D eigenvalue weighted by Gasteiger charge is 2.07. The van der Waals surface area contributed by atoms with Gasteiger partial charge < -0.3 is 5.32 Å². The minimum Gasteiger partial charge on any atom is -0.325 e. The molecule has 0 aliphatic heterocycles. The maximum atomic E-state index is 12.0. The molecule has 2 aromatic carbocycles.